The average molecular weight is 237 g/mol. The molecule has 0 aliphatic rings. The molecule has 0 radical (unpaired) electrons. The molecule has 0 saturated carbocycles. The number of carbonyl (C=O) groups excluding carboxylic acids is 1. The van der Waals surface area contributed by atoms with Gasteiger partial charge in [-0.1, -0.05) is 6.07 Å². The molecule has 1 aromatic rings. The summed E-state index contributed by atoms with van der Waals surface area (Å²) in [7, 11) is 3.38. The van der Waals surface area contributed by atoms with Crippen LogP contribution in [0.15, 0.2) is 18.2 Å². The Morgan fingerprint density at radius 1 is 1.47 bits per heavy atom. The first-order valence-electron chi connectivity index (χ1n) is 5.60. The lowest BCUT2D eigenvalue weighted by molar-refractivity contribution is 0.0779. The van der Waals surface area contributed by atoms with E-state index in [1.807, 2.05) is 0 Å². The Kier molecular flexibility index (Phi) is 4.97. The SMILES string of the molecule is COCCCN(C)C(=O)c1ccc(C)c(O)c1. The topological polar surface area (TPSA) is 49.8 Å². The summed E-state index contributed by atoms with van der Waals surface area (Å²) in [6.07, 6.45) is 0.802. The van der Waals surface area contributed by atoms with Gasteiger partial charge in [-0.3, -0.25) is 4.79 Å². The predicted molar refractivity (Wildman–Crippen MR) is 66.3 cm³/mol. The van der Waals surface area contributed by atoms with Gasteiger partial charge in [0.25, 0.3) is 5.91 Å². The standard InChI is InChI=1S/C13H19NO3/c1-10-5-6-11(9-12(10)15)13(16)14(2)7-4-8-17-3/h5-6,9,15H,4,7-8H2,1-3H3. The minimum atomic E-state index is -0.0867. The zero-order valence-corrected chi connectivity index (χ0v) is 10.6. The van der Waals surface area contributed by atoms with Crippen molar-refractivity contribution in [3.8, 4) is 5.75 Å². The van der Waals surface area contributed by atoms with Gasteiger partial charge in [-0.15, -0.1) is 0 Å². The average Bonchev–Trinajstić information content (AvgIpc) is 2.32. The van der Waals surface area contributed by atoms with Crippen LogP contribution in [0.3, 0.4) is 0 Å². The van der Waals surface area contributed by atoms with E-state index in [0.717, 1.165) is 12.0 Å². The molecule has 1 N–H and O–H groups in total. The van der Waals surface area contributed by atoms with Crippen molar-refractivity contribution in [1.82, 2.24) is 4.90 Å². The molecule has 0 aliphatic carbocycles. The second kappa shape index (κ2) is 6.25. The van der Waals surface area contributed by atoms with Crippen LogP contribution in [0.25, 0.3) is 0 Å². The number of benzene rings is 1. The lowest BCUT2D eigenvalue weighted by atomic mass is 10.1. The van der Waals surface area contributed by atoms with Crippen LogP contribution in [0, 0.1) is 6.92 Å². The molecule has 0 unspecified atom stereocenters. The number of nitrogens with zero attached hydrogens (tertiary/aromatic N) is 1. The van der Waals surface area contributed by atoms with Gasteiger partial charge in [0.05, 0.1) is 0 Å². The minimum absolute atomic E-state index is 0.0867. The molecule has 17 heavy (non-hydrogen) atoms. The highest BCUT2D eigenvalue weighted by atomic mass is 16.5. The van der Waals surface area contributed by atoms with E-state index in [0.29, 0.717) is 18.7 Å². The van der Waals surface area contributed by atoms with Gasteiger partial charge in [0.1, 0.15) is 5.75 Å². The van der Waals surface area contributed by atoms with Crippen LogP contribution in [0.5, 0.6) is 5.75 Å². The molecule has 0 heterocycles. The summed E-state index contributed by atoms with van der Waals surface area (Å²) in [5.41, 5.74) is 1.27. The molecule has 0 saturated heterocycles. The second-order valence-corrected chi connectivity index (χ2v) is 4.07. The monoisotopic (exact) mass is 237 g/mol. The van der Waals surface area contributed by atoms with E-state index >= 15 is 0 Å². The number of ether oxygens (including phenoxy) is 1. The quantitative estimate of drug-likeness (QED) is 0.794. The third-order valence-corrected chi connectivity index (χ3v) is 2.64. The molecule has 4 nitrogen and oxygen atoms in total. The molecular weight excluding hydrogens is 218 g/mol. The van der Waals surface area contributed by atoms with E-state index in [1.165, 1.54) is 6.07 Å². The van der Waals surface area contributed by atoms with Crippen molar-refractivity contribution in [2.45, 2.75) is 13.3 Å². The Labute approximate surface area is 102 Å². The maximum absolute atomic E-state index is 12.0. The van der Waals surface area contributed by atoms with Gasteiger partial charge in [0.15, 0.2) is 0 Å². The Morgan fingerprint density at radius 2 is 2.18 bits per heavy atom. The Balaban J connectivity index is 2.65. The molecule has 0 aromatic heterocycles. The van der Waals surface area contributed by atoms with E-state index in [1.54, 1.807) is 38.1 Å². The molecule has 0 fully saturated rings. The highest BCUT2D eigenvalue weighted by molar-refractivity contribution is 5.94. The maximum Gasteiger partial charge on any atom is 0.253 e. The molecule has 1 aromatic carbocycles. The van der Waals surface area contributed by atoms with Gasteiger partial charge in [-0.05, 0) is 31.0 Å². The highest BCUT2D eigenvalue weighted by Gasteiger charge is 2.12. The molecule has 0 aliphatic heterocycles. The van der Waals surface area contributed by atoms with Crippen LogP contribution >= 0.6 is 0 Å². The molecule has 1 rings (SSSR count). The van der Waals surface area contributed by atoms with Crippen LogP contribution in [0.4, 0.5) is 0 Å². The van der Waals surface area contributed by atoms with Crippen molar-refractivity contribution in [2.75, 3.05) is 27.3 Å². The van der Waals surface area contributed by atoms with Gasteiger partial charge in [0, 0.05) is 32.9 Å². The van der Waals surface area contributed by atoms with Gasteiger partial charge in [-0.25, -0.2) is 0 Å². The van der Waals surface area contributed by atoms with Crippen LogP contribution in [0.1, 0.15) is 22.3 Å². The van der Waals surface area contributed by atoms with Crippen LogP contribution in [0.2, 0.25) is 0 Å². The number of methoxy groups -OCH3 is 1. The summed E-state index contributed by atoms with van der Waals surface area (Å²) in [5, 5.41) is 9.55. The van der Waals surface area contributed by atoms with Crippen molar-refractivity contribution in [3.05, 3.63) is 29.3 Å². The first-order chi connectivity index (χ1) is 8.06. The zero-order valence-electron chi connectivity index (χ0n) is 10.6. The van der Waals surface area contributed by atoms with E-state index in [9.17, 15) is 9.90 Å². The number of rotatable bonds is 5. The number of carbonyl (C=O) groups is 1. The molecule has 94 valence electrons. The Bertz CT molecular complexity index is 390. The Morgan fingerprint density at radius 3 is 2.76 bits per heavy atom. The summed E-state index contributed by atoms with van der Waals surface area (Å²) in [4.78, 5) is 13.6. The predicted octanol–water partition coefficient (Wildman–Crippen LogP) is 1.81. The molecule has 0 atom stereocenters. The Hall–Kier alpha value is -1.55. The number of phenolic OH excluding ortho intramolecular Hbond substituents is 1. The number of hydrogen-bond acceptors (Lipinski definition) is 3. The fourth-order valence-electron chi connectivity index (χ4n) is 1.51. The third kappa shape index (κ3) is 3.75. The normalized spacial score (nSPS) is 10.3. The van der Waals surface area contributed by atoms with E-state index in [2.05, 4.69) is 0 Å². The van der Waals surface area contributed by atoms with Crippen molar-refractivity contribution in [1.29, 1.82) is 0 Å². The lowest BCUT2D eigenvalue weighted by Gasteiger charge is -2.17. The van der Waals surface area contributed by atoms with Crippen molar-refractivity contribution in [2.24, 2.45) is 0 Å². The summed E-state index contributed by atoms with van der Waals surface area (Å²) >= 11 is 0. The van der Waals surface area contributed by atoms with Crippen LogP contribution < -0.4 is 0 Å². The molecule has 1 amide bonds. The number of aryl methyl sites for hydroxylation is 1. The maximum atomic E-state index is 12.0. The van der Waals surface area contributed by atoms with Gasteiger partial charge in [0.2, 0.25) is 0 Å². The number of phenols is 1. The highest BCUT2D eigenvalue weighted by Crippen LogP contribution is 2.18. The number of amides is 1. The van der Waals surface area contributed by atoms with E-state index in [4.69, 9.17) is 4.74 Å². The number of hydrogen-bond donors (Lipinski definition) is 1. The minimum Gasteiger partial charge on any atom is -0.508 e. The van der Waals surface area contributed by atoms with Crippen molar-refractivity contribution < 1.29 is 14.6 Å². The van der Waals surface area contributed by atoms with Gasteiger partial charge < -0.3 is 14.7 Å². The van der Waals surface area contributed by atoms with Crippen LogP contribution in [-0.2, 0) is 4.74 Å². The van der Waals surface area contributed by atoms with Crippen LogP contribution in [-0.4, -0.2) is 43.2 Å². The molecule has 4 heteroatoms. The third-order valence-electron chi connectivity index (χ3n) is 2.64. The van der Waals surface area contributed by atoms with Gasteiger partial charge in [-0.2, -0.15) is 0 Å². The molecule has 0 bridgehead atoms. The zero-order chi connectivity index (χ0) is 12.8. The lowest BCUT2D eigenvalue weighted by Crippen LogP contribution is -2.28. The smallest absolute Gasteiger partial charge is 0.253 e. The van der Waals surface area contributed by atoms with E-state index < -0.39 is 0 Å². The molecule has 0 spiro atoms. The first kappa shape index (κ1) is 13.5. The largest absolute Gasteiger partial charge is 0.508 e. The summed E-state index contributed by atoms with van der Waals surface area (Å²) < 4.78 is 4.93. The summed E-state index contributed by atoms with van der Waals surface area (Å²) in [5.74, 6) is 0.0672. The van der Waals surface area contributed by atoms with Crippen molar-refractivity contribution in [3.63, 3.8) is 0 Å². The van der Waals surface area contributed by atoms with Crippen molar-refractivity contribution >= 4 is 5.91 Å². The fraction of sp³-hybridized carbons (Fsp3) is 0.462. The second-order valence-electron chi connectivity index (χ2n) is 4.07. The summed E-state index contributed by atoms with van der Waals surface area (Å²) in [6, 6.07) is 4.97. The molecular formula is C13H19NO3. The van der Waals surface area contributed by atoms with Gasteiger partial charge >= 0.3 is 0 Å². The summed E-state index contributed by atoms with van der Waals surface area (Å²) in [6.45, 7) is 3.07. The first-order valence-corrected chi connectivity index (χ1v) is 5.60. The fourth-order valence-corrected chi connectivity index (χ4v) is 1.51. The number of aromatic hydroxyl groups is 1. The van der Waals surface area contributed by atoms with E-state index in [-0.39, 0.29) is 11.7 Å².